The maximum atomic E-state index is 11.1. The van der Waals surface area contributed by atoms with Gasteiger partial charge in [-0.2, -0.15) is 5.10 Å². The van der Waals surface area contributed by atoms with Crippen LogP contribution in [-0.4, -0.2) is 9.78 Å². The lowest BCUT2D eigenvalue weighted by Crippen LogP contribution is -2.14. The molecule has 0 aliphatic carbocycles. The summed E-state index contributed by atoms with van der Waals surface area (Å²) in [5, 5.41) is 5.93. The molecule has 0 aromatic carbocycles. The van der Waals surface area contributed by atoms with E-state index in [-0.39, 0.29) is 4.87 Å². The second-order valence-corrected chi connectivity index (χ2v) is 5.10. The molecule has 0 radical (unpaired) electrons. The van der Waals surface area contributed by atoms with E-state index in [2.05, 4.69) is 21.0 Å². The summed E-state index contributed by atoms with van der Waals surface area (Å²) in [6, 6.07) is 2.00. The summed E-state index contributed by atoms with van der Waals surface area (Å²) < 4.78 is 2.51. The average Bonchev–Trinajstić information content (AvgIpc) is 2.64. The smallest absolute Gasteiger partial charge is 0.255 e. The van der Waals surface area contributed by atoms with Crippen LogP contribution in [0.1, 0.15) is 4.88 Å². The van der Waals surface area contributed by atoms with Crippen molar-refractivity contribution >= 4 is 38.6 Å². The Morgan fingerprint density at radius 1 is 1.54 bits per heavy atom. The van der Waals surface area contributed by atoms with E-state index in [9.17, 15) is 4.79 Å². The molecule has 0 fully saturated rings. The summed E-state index contributed by atoms with van der Waals surface area (Å²) in [7, 11) is 0. The van der Waals surface area contributed by atoms with Crippen LogP contribution in [-0.2, 0) is 6.54 Å². The predicted molar refractivity (Wildman–Crippen MR) is 57.5 cm³/mol. The topological polar surface area (TPSA) is 34.9 Å². The molecule has 6 heteroatoms. The molecule has 68 valence electrons. The molecular weight excluding hydrogens is 272 g/mol. The van der Waals surface area contributed by atoms with Crippen LogP contribution in [0.5, 0.6) is 0 Å². The van der Waals surface area contributed by atoms with Crippen LogP contribution >= 0.6 is 38.6 Å². The maximum Gasteiger partial charge on any atom is 0.325 e. The standard InChI is InChI=1S/C7H5BrN2OS2/c8-5-1-6(12-3-5)2-10-7(11)13-4-9-10/h1,3-4H,2H2. The van der Waals surface area contributed by atoms with Gasteiger partial charge in [0.25, 0.3) is 0 Å². The number of nitrogens with zero attached hydrogens (tertiary/aromatic N) is 2. The summed E-state index contributed by atoms with van der Waals surface area (Å²) >= 11 is 6.09. The summed E-state index contributed by atoms with van der Waals surface area (Å²) in [6.07, 6.45) is 0. The molecule has 0 saturated heterocycles. The van der Waals surface area contributed by atoms with Gasteiger partial charge in [0.05, 0.1) is 6.54 Å². The average molecular weight is 277 g/mol. The first-order chi connectivity index (χ1) is 6.25. The molecule has 0 spiro atoms. The zero-order valence-electron chi connectivity index (χ0n) is 6.44. The minimum Gasteiger partial charge on any atom is -0.255 e. The van der Waals surface area contributed by atoms with Crippen LogP contribution in [0.2, 0.25) is 0 Å². The molecule has 0 N–H and O–H groups in total. The second-order valence-electron chi connectivity index (χ2n) is 2.39. The van der Waals surface area contributed by atoms with Crippen molar-refractivity contribution in [2.24, 2.45) is 0 Å². The second kappa shape index (κ2) is 3.73. The van der Waals surface area contributed by atoms with Gasteiger partial charge >= 0.3 is 4.87 Å². The van der Waals surface area contributed by atoms with Gasteiger partial charge in [0.2, 0.25) is 0 Å². The van der Waals surface area contributed by atoms with Crippen LogP contribution in [0.4, 0.5) is 0 Å². The van der Waals surface area contributed by atoms with Crippen LogP contribution < -0.4 is 4.87 Å². The van der Waals surface area contributed by atoms with Crippen LogP contribution in [0, 0.1) is 0 Å². The summed E-state index contributed by atoms with van der Waals surface area (Å²) in [4.78, 5) is 12.3. The van der Waals surface area contributed by atoms with Gasteiger partial charge in [-0.25, -0.2) is 4.68 Å². The van der Waals surface area contributed by atoms with E-state index in [4.69, 9.17) is 0 Å². The lowest BCUT2D eigenvalue weighted by Gasteiger charge is -1.93. The van der Waals surface area contributed by atoms with Crippen LogP contribution in [0.15, 0.2) is 26.2 Å². The highest BCUT2D eigenvalue weighted by atomic mass is 79.9. The minimum atomic E-state index is -0.00970. The van der Waals surface area contributed by atoms with Crippen molar-refractivity contribution in [2.75, 3.05) is 0 Å². The van der Waals surface area contributed by atoms with E-state index in [0.717, 1.165) is 20.7 Å². The highest BCUT2D eigenvalue weighted by molar-refractivity contribution is 9.10. The Balaban J connectivity index is 2.24. The Bertz CT molecular complexity index is 459. The fourth-order valence-electron chi connectivity index (χ4n) is 0.923. The van der Waals surface area contributed by atoms with Crippen molar-refractivity contribution in [1.29, 1.82) is 0 Å². The number of hydrogen-bond acceptors (Lipinski definition) is 4. The first-order valence-corrected chi connectivity index (χ1v) is 6.04. The fourth-order valence-corrected chi connectivity index (χ4v) is 2.84. The van der Waals surface area contributed by atoms with Crippen molar-refractivity contribution in [3.63, 3.8) is 0 Å². The highest BCUT2D eigenvalue weighted by Gasteiger charge is 2.02. The number of halogens is 1. The van der Waals surface area contributed by atoms with Gasteiger partial charge in [-0.05, 0) is 22.0 Å². The Morgan fingerprint density at radius 3 is 2.92 bits per heavy atom. The van der Waals surface area contributed by atoms with Crippen LogP contribution in [0.25, 0.3) is 0 Å². The van der Waals surface area contributed by atoms with Crippen molar-refractivity contribution in [2.45, 2.75) is 6.54 Å². The third-order valence-electron chi connectivity index (χ3n) is 1.48. The molecule has 0 atom stereocenters. The Morgan fingerprint density at radius 2 is 2.38 bits per heavy atom. The van der Waals surface area contributed by atoms with Gasteiger partial charge in [-0.1, -0.05) is 11.3 Å². The van der Waals surface area contributed by atoms with E-state index in [0.29, 0.717) is 6.54 Å². The molecule has 3 nitrogen and oxygen atoms in total. The van der Waals surface area contributed by atoms with Gasteiger partial charge in [0.1, 0.15) is 5.51 Å². The van der Waals surface area contributed by atoms with Crippen molar-refractivity contribution < 1.29 is 0 Å². The molecule has 2 aromatic heterocycles. The molecular formula is C7H5BrN2OS2. The molecule has 13 heavy (non-hydrogen) atoms. The zero-order chi connectivity index (χ0) is 9.26. The number of thiophene rings is 1. The lowest BCUT2D eigenvalue weighted by molar-refractivity contribution is 0.673. The largest absolute Gasteiger partial charge is 0.325 e. The predicted octanol–water partition coefficient (Wildman–Crippen LogP) is 2.18. The molecule has 0 saturated carbocycles. The van der Waals surface area contributed by atoms with Gasteiger partial charge in [-0.15, -0.1) is 11.3 Å². The number of hydrogen-bond donors (Lipinski definition) is 0. The SMILES string of the molecule is O=c1scnn1Cc1cc(Br)cs1. The molecule has 0 amide bonds. The fraction of sp³-hybridized carbons (Fsp3) is 0.143. The zero-order valence-corrected chi connectivity index (χ0v) is 9.66. The van der Waals surface area contributed by atoms with Gasteiger partial charge in [-0.3, -0.25) is 4.79 Å². The lowest BCUT2D eigenvalue weighted by atomic mass is 10.5. The van der Waals surface area contributed by atoms with Crippen LogP contribution in [0.3, 0.4) is 0 Å². The quantitative estimate of drug-likeness (QED) is 0.843. The van der Waals surface area contributed by atoms with E-state index in [1.54, 1.807) is 16.8 Å². The first kappa shape index (κ1) is 9.11. The van der Waals surface area contributed by atoms with E-state index in [1.807, 2.05) is 11.4 Å². The van der Waals surface area contributed by atoms with Crippen molar-refractivity contribution in [3.8, 4) is 0 Å². The third-order valence-corrected chi connectivity index (χ3v) is 3.77. The molecule has 0 unspecified atom stereocenters. The Labute approximate surface area is 90.8 Å². The summed E-state index contributed by atoms with van der Waals surface area (Å²) in [5.41, 5.74) is 1.56. The highest BCUT2D eigenvalue weighted by Crippen LogP contribution is 2.19. The van der Waals surface area contributed by atoms with E-state index in [1.165, 1.54) is 4.68 Å². The molecule has 2 rings (SSSR count). The molecule has 0 aliphatic rings. The molecule has 2 heterocycles. The molecule has 0 bridgehead atoms. The van der Waals surface area contributed by atoms with Crippen molar-refractivity contribution in [1.82, 2.24) is 9.78 Å². The van der Waals surface area contributed by atoms with Gasteiger partial charge < -0.3 is 0 Å². The monoisotopic (exact) mass is 276 g/mol. The van der Waals surface area contributed by atoms with Crippen molar-refractivity contribution in [3.05, 3.63) is 36.0 Å². The normalized spacial score (nSPS) is 10.5. The number of aromatic nitrogens is 2. The first-order valence-electron chi connectivity index (χ1n) is 3.49. The summed E-state index contributed by atoms with van der Waals surface area (Å²) in [6.45, 7) is 0.568. The number of rotatable bonds is 2. The molecule has 0 aliphatic heterocycles. The minimum absolute atomic E-state index is 0.00970. The van der Waals surface area contributed by atoms with E-state index < -0.39 is 0 Å². The van der Waals surface area contributed by atoms with Gasteiger partial charge in [0.15, 0.2) is 0 Å². The molecule has 2 aromatic rings. The van der Waals surface area contributed by atoms with Gasteiger partial charge in [0, 0.05) is 14.7 Å². The summed E-state index contributed by atoms with van der Waals surface area (Å²) in [5.74, 6) is 0. The maximum absolute atomic E-state index is 11.1. The third kappa shape index (κ3) is 2.07. The van der Waals surface area contributed by atoms with E-state index >= 15 is 0 Å². The Hall–Kier alpha value is -0.460. The Kier molecular flexibility index (Phi) is 2.61.